The first kappa shape index (κ1) is 15.6. The summed E-state index contributed by atoms with van der Waals surface area (Å²) in [5.41, 5.74) is -0.414. The molecule has 1 unspecified atom stereocenters. The minimum absolute atomic E-state index is 0.0120. The Hall–Kier alpha value is -1.47. The van der Waals surface area contributed by atoms with Crippen molar-refractivity contribution in [3.63, 3.8) is 0 Å². The van der Waals surface area contributed by atoms with E-state index in [-0.39, 0.29) is 28.6 Å². The van der Waals surface area contributed by atoms with E-state index in [0.29, 0.717) is 6.42 Å². The first-order chi connectivity index (χ1) is 8.70. The number of aromatic nitrogens is 2. The molecule has 0 aliphatic rings. The lowest BCUT2D eigenvalue weighted by Gasteiger charge is -2.22. The second kappa shape index (κ2) is 6.12. The van der Waals surface area contributed by atoms with Gasteiger partial charge < -0.3 is 10.4 Å². The Morgan fingerprint density at radius 3 is 2.68 bits per heavy atom. The standard InChI is InChI=1S/C11H17ClN4O3/c1-11(2,3)4-7(17)5-13-10-8(16(18)19)9(12)14-6-15-10/h6-7,17H,4-5H2,1-3H3,(H,13,14,15). The first-order valence-corrected chi connectivity index (χ1v) is 6.15. The highest BCUT2D eigenvalue weighted by atomic mass is 35.5. The van der Waals surface area contributed by atoms with Crippen LogP contribution in [-0.4, -0.2) is 32.6 Å². The van der Waals surface area contributed by atoms with Crippen LogP contribution in [-0.2, 0) is 0 Å². The highest BCUT2D eigenvalue weighted by Crippen LogP contribution is 2.28. The molecule has 1 rings (SSSR count). The normalized spacial score (nSPS) is 13.1. The van der Waals surface area contributed by atoms with Crippen molar-refractivity contribution >= 4 is 23.1 Å². The van der Waals surface area contributed by atoms with Gasteiger partial charge in [0.05, 0.1) is 11.0 Å². The lowest BCUT2D eigenvalue weighted by atomic mass is 9.89. The van der Waals surface area contributed by atoms with Crippen molar-refractivity contribution in [1.82, 2.24) is 9.97 Å². The molecular formula is C11H17ClN4O3. The van der Waals surface area contributed by atoms with Crippen molar-refractivity contribution < 1.29 is 10.0 Å². The quantitative estimate of drug-likeness (QED) is 0.489. The second-order valence-electron chi connectivity index (χ2n) is 5.42. The second-order valence-corrected chi connectivity index (χ2v) is 5.78. The number of aliphatic hydroxyl groups is 1. The monoisotopic (exact) mass is 288 g/mol. The fourth-order valence-corrected chi connectivity index (χ4v) is 1.84. The van der Waals surface area contributed by atoms with Crippen molar-refractivity contribution in [3.8, 4) is 0 Å². The van der Waals surface area contributed by atoms with Gasteiger partial charge in [0.1, 0.15) is 6.33 Å². The van der Waals surface area contributed by atoms with E-state index in [4.69, 9.17) is 11.6 Å². The molecule has 1 aromatic rings. The van der Waals surface area contributed by atoms with Crippen molar-refractivity contribution in [3.05, 3.63) is 21.6 Å². The zero-order valence-electron chi connectivity index (χ0n) is 11.1. The molecule has 1 heterocycles. The molecule has 106 valence electrons. The minimum Gasteiger partial charge on any atom is -0.391 e. The van der Waals surface area contributed by atoms with Gasteiger partial charge in [-0.3, -0.25) is 10.1 Å². The summed E-state index contributed by atoms with van der Waals surface area (Å²) < 4.78 is 0. The number of hydrogen-bond donors (Lipinski definition) is 2. The van der Waals surface area contributed by atoms with Crippen LogP contribution in [0.3, 0.4) is 0 Å². The number of nitro groups is 1. The van der Waals surface area contributed by atoms with Gasteiger partial charge in [0.2, 0.25) is 11.0 Å². The van der Waals surface area contributed by atoms with Crippen LogP contribution in [0.4, 0.5) is 11.5 Å². The van der Waals surface area contributed by atoms with Gasteiger partial charge >= 0.3 is 5.69 Å². The van der Waals surface area contributed by atoms with Crippen LogP contribution in [0.1, 0.15) is 27.2 Å². The van der Waals surface area contributed by atoms with Gasteiger partial charge in [0.25, 0.3) is 0 Å². The Bertz CT molecular complexity index is 462. The van der Waals surface area contributed by atoms with Gasteiger partial charge in [0.15, 0.2) is 0 Å². The molecule has 0 aromatic carbocycles. The molecular weight excluding hydrogens is 272 g/mol. The Morgan fingerprint density at radius 1 is 1.53 bits per heavy atom. The van der Waals surface area contributed by atoms with Crippen molar-refractivity contribution in [2.75, 3.05) is 11.9 Å². The van der Waals surface area contributed by atoms with Crippen LogP contribution in [0, 0.1) is 15.5 Å². The molecule has 0 aliphatic heterocycles. The Kier molecular flexibility index (Phi) is 5.02. The summed E-state index contributed by atoms with van der Waals surface area (Å²) in [6.45, 7) is 6.16. The Labute approximate surface area is 116 Å². The lowest BCUT2D eigenvalue weighted by molar-refractivity contribution is -0.384. The zero-order valence-corrected chi connectivity index (χ0v) is 11.8. The van der Waals surface area contributed by atoms with E-state index in [0.717, 1.165) is 6.33 Å². The molecule has 0 saturated carbocycles. The summed E-state index contributed by atoms with van der Waals surface area (Å²) in [7, 11) is 0. The minimum atomic E-state index is -0.652. The average molecular weight is 289 g/mol. The Morgan fingerprint density at radius 2 is 2.16 bits per heavy atom. The summed E-state index contributed by atoms with van der Waals surface area (Å²) in [5.74, 6) is 0.0120. The number of halogens is 1. The van der Waals surface area contributed by atoms with Gasteiger partial charge in [-0.25, -0.2) is 9.97 Å². The maximum atomic E-state index is 10.9. The van der Waals surface area contributed by atoms with E-state index in [2.05, 4.69) is 15.3 Å². The maximum absolute atomic E-state index is 10.9. The van der Waals surface area contributed by atoms with Crippen molar-refractivity contribution in [2.24, 2.45) is 5.41 Å². The van der Waals surface area contributed by atoms with Gasteiger partial charge in [-0.1, -0.05) is 32.4 Å². The Balaban J connectivity index is 2.73. The molecule has 1 aromatic heterocycles. The van der Waals surface area contributed by atoms with E-state index in [1.165, 1.54) is 0 Å². The summed E-state index contributed by atoms with van der Waals surface area (Å²) in [6, 6.07) is 0. The number of rotatable bonds is 5. The smallest absolute Gasteiger partial charge is 0.348 e. The third-order valence-corrected chi connectivity index (χ3v) is 2.59. The van der Waals surface area contributed by atoms with Gasteiger partial charge in [0, 0.05) is 6.54 Å². The molecule has 0 spiro atoms. The number of anilines is 1. The first-order valence-electron chi connectivity index (χ1n) is 5.77. The number of aliphatic hydroxyl groups excluding tert-OH is 1. The molecule has 2 N–H and O–H groups in total. The van der Waals surface area contributed by atoms with E-state index in [1.807, 2.05) is 20.8 Å². The van der Waals surface area contributed by atoms with E-state index in [9.17, 15) is 15.2 Å². The molecule has 0 radical (unpaired) electrons. The molecule has 0 aliphatic carbocycles. The van der Waals surface area contributed by atoms with Gasteiger partial charge in [-0.05, 0) is 11.8 Å². The molecule has 0 amide bonds. The zero-order chi connectivity index (χ0) is 14.6. The van der Waals surface area contributed by atoms with Crippen molar-refractivity contribution in [1.29, 1.82) is 0 Å². The van der Waals surface area contributed by atoms with Crippen LogP contribution < -0.4 is 5.32 Å². The average Bonchev–Trinajstić information content (AvgIpc) is 2.23. The molecule has 1 atom stereocenters. The third-order valence-electron chi connectivity index (χ3n) is 2.31. The highest BCUT2D eigenvalue weighted by molar-refractivity contribution is 6.31. The number of hydrogen-bond acceptors (Lipinski definition) is 6. The fourth-order valence-electron chi connectivity index (χ4n) is 1.64. The molecule has 0 fully saturated rings. The summed E-state index contributed by atoms with van der Waals surface area (Å²) in [6.07, 6.45) is 1.06. The van der Waals surface area contributed by atoms with Crippen LogP contribution >= 0.6 is 11.6 Å². The van der Waals surface area contributed by atoms with E-state index >= 15 is 0 Å². The predicted octanol–water partition coefficient (Wildman–Crippen LogP) is 2.25. The lowest BCUT2D eigenvalue weighted by Crippen LogP contribution is -2.25. The molecule has 19 heavy (non-hydrogen) atoms. The van der Waals surface area contributed by atoms with Gasteiger partial charge in [-0.2, -0.15) is 0 Å². The SMILES string of the molecule is CC(C)(C)CC(O)CNc1ncnc(Cl)c1[N+](=O)[O-]. The van der Waals surface area contributed by atoms with Gasteiger partial charge in [-0.15, -0.1) is 0 Å². The molecule has 8 heteroatoms. The molecule has 7 nitrogen and oxygen atoms in total. The van der Waals surface area contributed by atoms with E-state index in [1.54, 1.807) is 0 Å². The van der Waals surface area contributed by atoms with Crippen LogP contribution in [0.25, 0.3) is 0 Å². The molecule has 0 bridgehead atoms. The highest BCUT2D eigenvalue weighted by Gasteiger charge is 2.23. The third kappa shape index (κ3) is 4.96. The summed E-state index contributed by atoms with van der Waals surface area (Å²) in [5, 5.41) is 23.2. The molecule has 0 saturated heterocycles. The van der Waals surface area contributed by atoms with Crippen LogP contribution in [0.2, 0.25) is 5.15 Å². The maximum Gasteiger partial charge on any atom is 0.348 e. The number of nitrogens with zero attached hydrogens (tertiary/aromatic N) is 3. The number of nitrogens with one attached hydrogen (secondary N) is 1. The predicted molar refractivity (Wildman–Crippen MR) is 72.3 cm³/mol. The summed E-state index contributed by atoms with van der Waals surface area (Å²) in [4.78, 5) is 17.5. The van der Waals surface area contributed by atoms with E-state index < -0.39 is 11.0 Å². The topological polar surface area (TPSA) is 101 Å². The fraction of sp³-hybridized carbons (Fsp3) is 0.636. The summed E-state index contributed by atoms with van der Waals surface area (Å²) >= 11 is 5.65. The van der Waals surface area contributed by atoms with Crippen molar-refractivity contribution in [2.45, 2.75) is 33.3 Å². The largest absolute Gasteiger partial charge is 0.391 e. The van der Waals surface area contributed by atoms with Crippen LogP contribution in [0.15, 0.2) is 6.33 Å². The van der Waals surface area contributed by atoms with Crippen LogP contribution in [0.5, 0.6) is 0 Å².